The average Bonchev–Trinajstić information content (AvgIpc) is 2.87. The maximum atomic E-state index is 12.3. The molecule has 0 aliphatic rings. The molecule has 19 heavy (non-hydrogen) atoms. The van der Waals surface area contributed by atoms with Gasteiger partial charge in [0.25, 0.3) is 5.91 Å². The van der Waals surface area contributed by atoms with Gasteiger partial charge in [-0.05, 0) is 25.3 Å². The zero-order valence-corrected chi connectivity index (χ0v) is 11.8. The Balaban J connectivity index is 2.18. The van der Waals surface area contributed by atoms with Crippen LogP contribution in [0.4, 0.5) is 0 Å². The van der Waals surface area contributed by atoms with Crippen LogP contribution in [0.1, 0.15) is 17.3 Å². The lowest BCUT2D eigenvalue weighted by atomic mass is 10.1. The minimum Gasteiger partial charge on any atom is -0.395 e. The van der Waals surface area contributed by atoms with Crippen LogP contribution in [0.25, 0.3) is 10.9 Å². The number of hydrogen-bond donors (Lipinski definition) is 3. The lowest BCUT2D eigenvalue weighted by Gasteiger charge is -2.21. The summed E-state index contributed by atoms with van der Waals surface area (Å²) in [5, 5.41) is 13.2. The molecule has 1 aromatic carbocycles. The van der Waals surface area contributed by atoms with E-state index in [4.69, 9.17) is 0 Å². The van der Waals surface area contributed by atoms with E-state index in [1.54, 1.807) is 17.8 Å². The minimum atomic E-state index is -0.118. The summed E-state index contributed by atoms with van der Waals surface area (Å²) in [7, 11) is 0. The van der Waals surface area contributed by atoms with Crippen LogP contribution in [0.15, 0.2) is 30.5 Å². The number of benzene rings is 1. The van der Waals surface area contributed by atoms with Gasteiger partial charge in [-0.3, -0.25) is 4.79 Å². The van der Waals surface area contributed by atoms with E-state index in [9.17, 15) is 9.90 Å². The fourth-order valence-electron chi connectivity index (χ4n) is 2.09. The molecule has 2 atom stereocenters. The molecule has 2 unspecified atom stereocenters. The minimum absolute atomic E-state index is 0.00629. The Hall–Kier alpha value is -1.46. The van der Waals surface area contributed by atoms with E-state index in [1.807, 2.05) is 37.6 Å². The van der Waals surface area contributed by atoms with Gasteiger partial charge >= 0.3 is 0 Å². The lowest BCUT2D eigenvalue weighted by Crippen LogP contribution is -2.41. The smallest absolute Gasteiger partial charge is 0.253 e. The third-order valence-corrected chi connectivity index (χ3v) is 4.39. The van der Waals surface area contributed by atoms with Crippen molar-refractivity contribution in [3.05, 3.63) is 36.0 Å². The van der Waals surface area contributed by atoms with Gasteiger partial charge in [-0.1, -0.05) is 12.1 Å². The van der Waals surface area contributed by atoms with Crippen molar-refractivity contribution >= 4 is 28.6 Å². The number of H-pyrrole nitrogens is 1. The molecule has 1 heterocycles. The summed E-state index contributed by atoms with van der Waals surface area (Å²) < 4.78 is 0. The number of aliphatic hydroxyl groups excluding tert-OH is 1. The SMILES string of the molecule is CSC(CO)C(C)NC(=O)c1cccc2cc[nH]c12. The second-order valence-electron chi connectivity index (χ2n) is 4.47. The zero-order valence-electron chi connectivity index (χ0n) is 11.0. The third-order valence-electron chi connectivity index (χ3n) is 3.23. The summed E-state index contributed by atoms with van der Waals surface area (Å²) >= 11 is 1.55. The van der Waals surface area contributed by atoms with Crippen molar-refractivity contribution in [3.63, 3.8) is 0 Å². The number of rotatable bonds is 5. The van der Waals surface area contributed by atoms with Crippen molar-refractivity contribution in [1.82, 2.24) is 10.3 Å². The van der Waals surface area contributed by atoms with Crippen molar-refractivity contribution < 1.29 is 9.90 Å². The maximum absolute atomic E-state index is 12.3. The number of thioether (sulfide) groups is 1. The summed E-state index contributed by atoms with van der Waals surface area (Å²) in [4.78, 5) is 15.4. The molecule has 0 radical (unpaired) electrons. The van der Waals surface area contributed by atoms with E-state index < -0.39 is 0 Å². The topological polar surface area (TPSA) is 65.1 Å². The van der Waals surface area contributed by atoms with Crippen LogP contribution in [-0.4, -0.2) is 40.2 Å². The summed E-state index contributed by atoms with van der Waals surface area (Å²) in [5.41, 5.74) is 1.48. The molecule has 0 aliphatic carbocycles. The molecule has 0 saturated carbocycles. The number of carbonyl (C=O) groups excluding carboxylic acids is 1. The van der Waals surface area contributed by atoms with Gasteiger partial charge in [0, 0.05) is 22.9 Å². The molecule has 0 bridgehead atoms. The quantitative estimate of drug-likeness (QED) is 0.784. The zero-order chi connectivity index (χ0) is 13.8. The number of hydrogen-bond acceptors (Lipinski definition) is 3. The van der Waals surface area contributed by atoms with Crippen LogP contribution in [0.5, 0.6) is 0 Å². The first-order chi connectivity index (χ1) is 9.17. The Labute approximate surface area is 116 Å². The van der Waals surface area contributed by atoms with Gasteiger partial charge in [-0.2, -0.15) is 11.8 Å². The number of aromatic amines is 1. The van der Waals surface area contributed by atoms with E-state index in [1.165, 1.54) is 0 Å². The van der Waals surface area contributed by atoms with Crippen LogP contribution in [-0.2, 0) is 0 Å². The van der Waals surface area contributed by atoms with E-state index in [0.717, 1.165) is 10.9 Å². The standard InChI is InChI=1S/C14H18N2O2S/c1-9(12(8-17)19-2)16-14(18)11-5-3-4-10-6-7-15-13(10)11/h3-7,9,12,15,17H,8H2,1-2H3,(H,16,18). The first-order valence-electron chi connectivity index (χ1n) is 6.18. The van der Waals surface area contributed by atoms with E-state index in [2.05, 4.69) is 10.3 Å². The molecule has 1 amide bonds. The van der Waals surface area contributed by atoms with Crippen molar-refractivity contribution in [2.45, 2.75) is 18.2 Å². The highest BCUT2D eigenvalue weighted by molar-refractivity contribution is 7.99. The van der Waals surface area contributed by atoms with Gasteiger partial charge in [-0.15, -0.1) is 0 Å². The molecule has 1 aromatic heterocycles. The van der Waals surface area contributed by atoms with E-state index in [0.29, 0.717) is 5.56 Å². The molecule has 3 N–H and O–H groups in total. The van der Waals surface area contributed by atoms with E-state index in [-0.39, 0.29) is 23.8 Å². The largest absolute Gasteiger partial charge is 0.395 e. The summed E-state index contributed by atoms with van der Waals surface area (Å²) in [6.45, 7) is 1.96. The molecular formula is C14H18N2O2S. The predicted molar refractivity (Wildman–Crippen MR) is 79.6 cm³/mol. The molecule has 2 aromatic rings. The highest BCUT2D eigenvalue weighted by Crippen LogP contribution is 2.17. The van der Waals surface area contributed by atoms with Gasteiger partial charge in [0.2, 0.25) is 0 Å². The Morgan fingerprint density at radius 1 is 1.47 bits per heavy atom. The fourth-order valence-corrected chi connectivity index (χ4v) is 2.71. The van der Waals surface area contributed by atoms with Gasteiger partial charge in [0.05, 0.1) is 17.7 Å². The Morgan fingerprint density at radius 2 is 2.26 bits per heavy atom. The van der Waals surface area contributed by atoms with Gasteiger partial charge in [0.1, 0.15) is 0 Å². The Morgan fingerprint density at radius 3 is 2.95 bits per heavy atom. The molecular weight excluding hydrogens is 260 g/mol. The Bertz CT molecular complexity index is 563. The summed E-state index contributed by atoms with van der Waals surface area (Å²) in [6, 6.07) is 7.48. The molecule has 2 rings (SSSR count). The first kappa shape index (κ1) is 14.0. The van der Waals surface area contributed by atoms with Crippen LogP contribution in [0.3, 0.4) is 0 Å². The summed E-state index contributed by atoms with van der Waals surface area (Å²) in [6.07, 6.45) is 3.75. The number of para-hydroxylation sites is 1. The molecule has 0 spiro atoms. The number of nitrogens with one attached hydrogen (secondary N) is 2. The third kappa shape index (κ3) is 2.93. The molecule has 0 saturated heterocycles. The van der Waals surface area contributed by atoms with Crippen LogP contribution in [0, 0.1) is 0 Å². The molecule has 102 valence electrons. The highest BCUT2D eigenvalue weighted by Gasteiger charge is 2.19. The Kier molecular flexibility index (Phi) is 4.50. The number of carbonyl (C=O) groups is 1. The monoisotopic (exact) mass is 278 g/mol. The van der Waals surface area contributed by atoms with Crippen LogP contribution < -0.4 is 5.32 Å². The van der Waals surface area contributed by atoms with E-state index >= 15 is 0 Å². The van der Waals surface area contributed by atoms with Crippen molar-refractivity contribution in [1.29, 1.82) is 0 Å². The predicted octanol–water partition coefficient (Wildman–Crippen LogP) is 2.01. The van der Waals surface area contributed by atoms with Gasteiger partial charge < -0.3 is 15.4 Å². The second kappa shape index (κ2) is 6.12. The van der Waals surface area contributed by atoms with Crippen LogP contribution >= 0.6 is 11.8 Å². The first-order valence-corrected chi connectivity index (χ1v) is 7.46. The fraction of sp³-hybridized carbons (Fsp3) is 0.357. The maximum Gasteiger partial charge on any atom is 0.253 e. The van der Waals surface area contributed by atoms with Gasteiger partial charge in [0.15, 0.2) is 0 Å². The number of amides is 1. The van der Waals surface area contributed by atoms with Crippen molar-refractivity contribution in [2.75, 3.05) is 12.9 Å². The number of aliphatic hydroxyl groups is 1. The summed E-state index contributed by atoms with van der Waals surface area (Å²) in [5.74, 6) is -0.118. The van der Waals surface area contributed by atoms with Crippen LogP contribution in [0.2, 0.25) is 0 Å². The average molecular weight is 278 g/mol. The van der Waals surface area contributed by atoms with Crippen molar-refractivity contribution in [3.8, 4) is 0 Å². The lowest BCUT2D eigenvalue weighted by molar-refractivity contribution is 0.0937. The van der Waals surface area contributed by atoms with Crippen molar-refractivity contribution in [2.24, 2.45) is 0 Å². The van der Waals surface area contributed by atoms with Gasteiger partial charge in [-0.25, -0.2) is 0 Å². The molecule has 0 fully saturated rings. The number of fused-ring (bicyclic) bond motifs is 1. The molecule has 5 heteroatoms. The second-order valence-corrected chi connectivity index (χ2v) is 5.54. The highest BCUT2D eigenvalue weighted by atomic mass is 32.2. The normalized spacial score (nSPS) is 14.3. The molecule has 4 nitrogen and oxygen atoms in total. The molecule has 0 aliphatic heterocycles. The number of aromatic nitrogens is 1.